The van der Waals surface area contributed by atoms with E-state index < -0.39 is 0 Å². The van der Waals surface area contributed by atoms with Crippen molar-refractivity contribution in [1.82, 2.24) is 15.0 Å². The Balaban J connectivity index is 1.52. The lowest BCUT2D eigenvalue weighted by Gasteiger charge is -2.19. The van der Waals surface area contributed by atoms with Crippen molar-refractivity contribution in [3.05, 3.63) is 59.5 Å². The van der Waals surface area contributed by atoms with Crippen molar-refractivity contribution in [1.29, 1.82) is 0 Å². The van der Waals surface area contributed by atoms with Gasteiger partial charge in [0.1, 0.15) is 10.8 Å². The Morgan fingerprint density at radius 3 is 2.83 bits per heavy atom. The normalized spacial score (nSPS) is 12.1. The van der Waals surface area contributed by atoms with Crippen molar-refractivity contribution < 1.29 is 0 Å². The van der Waals surface area contributed by atoms with Crippen LogP contribution in [0.4, 0.5) is 17.3 Å². The highest BCUT2D eigenvalue weighted by molar-refractivity contribution is 7.99. The third-order valence-corrected chi connectivity index (χ3v) is 4.81. The summed E-state index contributed by atoms with van der Waals surface area (Å²) in [5.41, 5.74) is 4.50. The third kappa shape index (κ3) is 3.05. The predicted octanol–water partition coefficient (Wildman–Crippen LogP) is 4.31. The molecule has 24 heavy (non-hydrogen) atoms. The maximum absolute atomic E-state index is 4.52. The van der Waals surface area contributed by atoms with Crippen LogP contribution in [0.2, 0.25) is 0 Å². The maximum Gasteiger partial charge on any atom is 0.163 e. The monoisotopic (exact) mass is 335 g/mol. The van der Waals surface area contributed by atoms with Gasteiger partial charge in [-0.2, -0.15) is 0 Å². The number of nitrogens with zero attached hydrogens (tertiary/aromatic N) is 3. The standard InChI is InChI=1S/C18H17N5S/c1-11-7-12(2)22-16(8-11)21-10-13-3-4-15-14(9-13)23-17-18(24-15)20-6-5-19-17/h3-9H,10H2,1-2H3,(H,19,23)(H,21,22). The van der Waals surface area contributed by atoms with Crippen LogP contribution in [0, 0.1) is 13.8 Å². The summed E-state index contributed by atoms with van der Waals surface area (Å²) in [7, 11) is 0. The molecule has 0 saturated heterocycles. The van der Waals surface area contributed by atoms with Gasteiger partial charge in [-0.3, -0.25) is 0 Å². The Morgan fingerprint density at radius 2 is 1.96 bits per heavy atom. The minimum Gasteiger partial charge on any atom is -0.366 e. The Morgan fingerprint density at radius 1 is 1.08 bits per heavy atom. The van der Waals surface area contributed by atoms with Gasteiger partial charge in [0.25, 0.3) is 0 Å². The van der Waals surface area contributed by atoms with Crippen molar-refractivity contribution in [3.8, 4) is 0 Å². The molecule has 0 aliphatic carbocycles. The highest BCUT2D eigenvalue weighted by Gasteiger charge is 2.17. The number of rotatable bonds is 3. The van der Waals surface area contributed by atoms with Gasteiger partial charge in [-0.05, 0) is 49.2 Å². The van der Waals surface area contributed by atoms with Crippen LogP contribution in [0.5, 0.6) is 0 Å². The van der Waals surface area contributed by atoms with Crippen LogP contribution in [0.15, 0.2) is 52.6 Å². The zero-order chi connectivity index (χ0) is 16.5. The molecular formula is C18H17N5S. The van der Waals surface area contributed by atoms with Crippen LogP contribution in [0.3, 0.4) is 0 Å². The first kappa shape index (κ1) is 15.0. The number of nitrogens with one attached hydrogen (secondary N) is 2. The maximum atomic E-state index is 4.52. The molecule has 1 aliphatic heterocycles. The molecule has 0 bridgehead atoms. The number of fused-ring (bicyclic) bond motifs is 2. The van der Waals surface area contributed by atoms with Crippen molar-refractivity contribution in [3.63, 3.8) is 0 Å². The van der Waals surface area contributed by atoms with E-state index in [1.54, 1.807) is 24.2 Å². The zero-order valence-corrected chi connectivity index (χ0v) is 14.3. The van der Waals surface area contributed by atoms with E-state index in [-0.39, 0.29) is 0 Å². The van der Waals surface area contributed by atoms with E-state index in [1.165, 1.54) is 11.1 Å². The third-order valence-electron chi connectivity index (χ3n) is 3.74. The second-order valence-electron chi connectivity index (χ2n) is 5.79. The van der Waals surface area contributed by atoms with E-state index in [0.29, 0.717) is 0 Å². The van der Waals surface area contributed by atoms with Crippen LogP contribution in [-0.4, -0.2) is 15.0 Å². The molecule has 0 fully saturated rings. The smallest absolute Gasteiger partial charge is 0.163 e. The lowest BCUT2D eigenvalue weighted by atomic mass is 10.2. The first-order valence-corrected chi connectivity index (χ1v) is 8.57. The van der Waals surface area contributed by atoms with E-state index in [9.17, 15) is 0 Å². The van der Waals surface area contributed by atoms with E-state index in [0.717, 1.165) is 39.5 Å². The molecule has 1 aliphatic rings. The Kier molecular flexibility index (Phi) is 3.82. The molecule has 0 radical (unpaired) electrons. The number of pyridine rings is 1. The topological polar surface area (TPSA) is 62.7 Å². The summed E-state index contributed by atoms with van der Waals surface area (Å²) in [6.07, 6.45) is 3.42. The Labute approximate surface area is 145 Å². The second kappa shape index (κ2) is 6.13. The molecule has 2 aromatic heterocycles. The predicted molar refractivity (Wildman–Crippen MR) is 96.9 cm³/mol. The van der Waals surface area contributed by atoms with Crippen LogP contribution >= 0.6 is 11.8 Å². The fourth-order valence-corrected chi connectivity index (χ4v) is 3.59. The summed E-state index contributed by atoms with van der Waals surface area (Å²) >= 11 is 1.64. The van der Waals surface area contributed by atoms with Crippen molar-refractivity contribution in [2.75, 3.05) is 10.6 Å². The quantitative estimate of drug-likeness (QED) is 0.582. The first-order chi connectivity index (χ1) is 11.7. The molecule has 2 N–H and O–H groups in total. The van der Waals surface area contributed by atoms with E-state index in [1.807, 2.05) is 6.92 Å². The fourth-order valence-electron chi connectivity index (χ4n) is 2.72. The Hall–Kier alpha value is -2.60. The number of benzene rings is 1. The molecule has 6 heteroatoms. The van der Waals surface area contributed by atoms with Gasteiger partial charge in [0.05, 0.1) is 5.69 Å². The molecular weight excluding hydrogens is 318 g/mol. The number of hydrogen-bond donors (Lipinski definition) is 2. The average Bonchev–Trinajstić information content (AvgIpc) is 2.57. The summed E-state index contributed by atoms with van der Waals surface area (Å²) in [5.74, 6) is 1.72. The fraction of sp³-hybridized carbons (Fsp3) is 0.167. The van der Waals surface area contributed by atoms with Gasteiger partial charge >= 0.3 is 0 Å². The minimum atomic E-state index is 0.725. The molecule has 0 atom stereocenters. The summed E-state index contributed by atoms with van der Waals surface area (Å²) in [6, 6.07) is 10.5. The molecule has 1 aromatic carbocycles. The highest BCUT2D eigenvalue weighted by atomic mass is 32.2. The van der Waals surface area contributed by atoms with Gasteiger partial charge in [0, 0.05) is 29.5 Å². The molecule has 3 aromatic rings. The van der Waals surface area contributed by atoms with Gasteiger partial charge in [0.15, 0.2) is 5.82 Å². The number of aromatic nitrogens is 3. The molecule has 5 nitrogen and oxygen atoms in total. The highest BCUT2D eigenvalue weighted by Crippen LogP contribution is 2.42. The molecule has 0 amide bonds. The number of aryl methyl sites for hydroxylation is 2. The number of anilines is 3. The van der Waals surface area contributed by atoms with Gasteiger partial charge in [0.2, 0.25) is 0 Å². The van der Waals surface area contributed by atoms with Crippen molar-refractivity contribution in [2.24, 2.45) is 0 Å². The molecule has 3 heterocycles. The number of hydrogen-bond acceptors (Lipinski definition) is 6. The van der Waals surface area contributed by atoms with E-state index in [4.69, 9.17) is 0 Å². The molecule has 120 valence electrons. The van der Waals surface area contributed by atoms with Crippen LogP contribution in [0.25, 0.3) is 0 Å². The molecule has 0 unspecified atom stereocenters. The SMILES string of the molecule is Cc1cc(C)nc(NCc2ccc3c(c2)Nc2nccnc2S3)c1. The summed E-state index contributed by atoms with van der Waals surface area (Å²) < 4.78 is 0. The van der Waals surface area contributed by atoms with Crippen LogP contribution in [-0.2, 0) is 6.54 Å². The lowest BCUT2D eigenvalue weighted by Crippen LogP contribution is -2.06. The first-order valence-electron chi connectivity index (χ1n) is 7.75. The van der Waals surface area contributed by atoms with Gasteiger partial charge in [-0.25, -0.2) is 15.0 Å². The van der Waals surface area contributed by atoms with Gasteiger partial charge in [-0.15, -0.1) is 0 Å². The van der Waals surface area contributed by atoms with Gasteiger partial charge < -0.3 is 10.6 Å². The molecule has 0 saturated carbocycles. The summed E-state index contributed by atoms with van der Waals surface area (Å²) in [5, 5.41) is 7.67. The van der Waals surface area contributed by atoms with Crippen molar-refractivity contribution in [2.45, 2.75) is 30.3 Å². The Bertz CT molecular complexity index is 889. The lowest BCUT2D eigenvalue weighted by molar-refractivity contribution is 1.04. The molecule has 0 spiro atoms. The van der Waals surface area contributed by atoms with Crippen molar-refractivity contribution >= 4 is 29.1 Å². The second-order valence-corrected chi connectivity index (χ2v) is 6.82. The van der Waals surface area contributed by atoms with Gasteiger partial charge in [-0.1, -0.05) is 17.8 Å². The minimum absolute atomic E-state index is 0.725. The summed E-state index contributed by atoms with van der Waals surface area (Å²) in [4.78, 5) is 14.4. The van der Waals surface area contributed by atoms with E-state index >= 15 is 0 Å². The van der Waals surface area contributed by atoms with Crippen LogP contribution in [0.1, 0.15) is 16.8 Å². The largest absolute Gasteiger partial charge is 0.366 e. The van der Waals surface area contributed by atoms with Crippen LogP contribution < -0.4 is 10.6 Å². The van der Waals surface area contributed by atoms with E-state index in [2.05, 4.69) is 62.8 Å². The average molecular weight is 335 g/mol. The summed E-state index contributed by atoms with van der Waals surface area (Å²) in [6.45, 7) is 4.82. The molecule has 4 rings (SSSR count). The zero-order valence-electron chi connectivity index (χ0n) is 13.5.